The molecule has 2 N–H and O–H groups in total. The van der Waals surface area contributed by atoms with E-state index in [0.29, 0.717) is 11.0 Å². The van der Waals surface area contributed by atoms with Crippen LogP contribution < -0.4 is 5.32 Å². The molecule has 1 aromatic carbocycles. The lowest BCUT2D eigenvalue weighted by molar-refractivity contribution is -0.113. The zero-order chi connectivity index (χ0) is 14.4. The number of carbonyl (C=O) groups excluding carboxylic acids is 1. The number of hydrogen-bond acceptors (Lipinski definition) is 3. The van der Waals surface area contributed by atoms with Crippen LogP contribution in [0.4, 0.5) is 5.69 Å². The molecule has 1 unspecified atom stereocenters. The van der Waals surface area contributed by atoms with Gasteiger partial charge in [-0.2, -0.15) is 0 Å². The highest BCUT2D eigenvalue weighted by Gasteiger charge is 2.10. The van der Waals surface area contributed by atoms with Gasteiger partial charge in [0.15, 0.2) is 0 Å². The maximum absolute atomic E-state index is 11.9. The molecule has 0 aliphatic heterocycles. The third kappa shape index (κ3) is 5.25. The van der Waals surface area contributed by atoms with Crippen molar-refractivity contribution in [2.75, 3.05) is 17.7 Å². The van der Waals surface area contributed by atoms with Crippen molar-refractivity contribution in [1.29, 1.82) is 0 Å². The number of aliphatic hydroxyl groups excluding tert-OH is 1. The molecule has 0 aliphatic carbocycles. The topological polar surface area (TPSA) is 49.3 Å². The highest BCUT2D eigenvalue weighted by Crippen LogP contribution is 2.22. The van der Waals surface area contributed by atoms with E-state index in [9.17, 15) is 4.79 Å². The van der Waals surface area contributed by atoms with Crippen LogP contribution in [0.25, 0.3) is 0 Å². The maximum Gasteiger partial charge on any atom is 0.234 e. The van der Waals surface area contributed by atoms with Gasteiger partial charge in [-0.1, -0.05) is 24.6 Å². The van der Waals surface area contributed by atoms with E-state index >= 15 is 0 Å². The number of hydrogen-bond donors (Lipinski definition) is 2. The van der Waals surface area contributed by atoms with Gasteiger partial charge < -0.3 is 10.4 Å². The molecule has 1 atom stereocenters. The summed E-state index contributed by atoms with van der Waals surface area (Å²) in [7, 11) is 0. The predicted octanol–water partition coefficient (Wildman–Crippen LogP) is 3.05. The fraction of sp³-hybridized carbons (Fsp3) is 0.533. The van der Waals surface area contributed by atoms with E-state index in [1.807, 2.05) is 20.8 Å². The van der Waals surface area contributed by atoms with Crippen molar-refractivity contribution in [3.63, 3.8) is 0 Å². The molecule has 0 heterocycles. The Kier molecular flexibility index (Phi) is 6.38. The van der Waals surface area contributed by atoms with Gasteiger partial charge in [0.25, 0.3) is 0 Å². The van der Waals surface area contributed by atoms with E-state index in [4.69, 9.17) is 5.11 Å². The van der Waals surface area contributed by atoms with E-state index in [1.54, 1.807) is 11.8 Å². The average molecular weight is 281 g/mol. The van der Waals surface area contributed by atoms with Gasteiger partial charge in [-0.05, 0) is 38.3 Å². The fourth-order valence-corrected chi connectivity index (χ4v) is 2.82. The second-order valence-corrected chi connectivity index (χ2v) is 6.38. The van der Waals surface area contributed by atoms with E-state index in [-0.39, 0.29) is 12.5 Å². The minimum absolute atomic E-state index is 0.0184. The van der Waals surface area contributed by atoms with E-state index in [1.165, 1.54) is 5.56 Å². The number of aryl methyl sites for hydroxylation is 3. The Morgan fingerprint density at radius 3 is 2.42 bits per heavy atom. The van der Waals surface area contributed by atoms with Gasteiger partial charge >= 0.3 is 0 Å². The van der Waals surface area contributed by atoms with Gasteiger partial charge in [-0.15, -0.1) is 11.8 Å². The summed E-state index contributed by atoms with van der Waals surface area (Å²) in [6.45, 7) is 8.27. The van der Waals surface area contributed by atoms with Crippen molar-refractivity contribution < 1.29 is 9.90 Å². The highest BCUT2D eigenvalue weighted by molar-refractivity contribution is 8.00. The molecular formula is C15H23NO2S. The van der Waals surface area contributed by atoms with Crippen LogP contribution >= 0.6 is 11.8 Å². The van der Waals surface area contributed by atoms with E-state index in [2.05, 4.69) is 24.4 Å². The lowest BCUT2D eigenvalue weighted by Gasteiger charge is -2.14. The molecule has 0 saturated carbocycles. The van der Waals surface area contributed by atoms with Crippen LogP contribution in [0.5, 0.6) is 0 Å². The molecule has 4 heteroatoms. The normalized spacial score (nSPS) is 12.3. The zero-order valence-electron chi connectivity index (χ0n) is 12.1. The summed E-state index contributed by atoms with van der Waals surface area (Å²) in [4.78, 5) is 11.9. The maximum atomic E-state index is 11.9. The van der Waals surface area contributed by atoms with Gasteiger partial charge in [0, 0.05) is 17.5 Å². The smallest absolute Gasteiger partial charge is 0.234 e. The van der Waals surface area contributed by atoms with Crippen molar-refractivity contribution in [1.82, 2.24) is 0 Å². The Bertz CT molecular complexity index is 423. The summed E-state index contributed by atoms with van der Waals surface area (Å²) < 4.78 is 0. The lowest BCUT2D eigenvalue weighted by atomic mass is 10.1. The molecule has 0 spiro atoms. The summed E-state index contributed by atoms with van der Waals surface area (Å²) in [6.07, 6.45) is 0.723. The Labute approximate surface area is 119 Å². The molecule has 0 radical (unpaired) electrons. The number of carbonyl (C=O) groups is 1. The fourth-order valence-electron chi connectivity index (χ4n) is 2.04. The molecule has 19 heavy (non-hydrogen) atoms. The van der Waals surface area contributed by atoms with Gasteiger partial charge in [-0.25, -0.2) is 0 Å². The largest absolute Gasteiger partial charge is 0.396 e. The first-order valence-electron chi connectivity index (χ1n) is 6.54. The SMILES string of the molecule is Cc1cc(C)c(NC(=O)CSC(C)CCO)c(C)c1. The van der Waals surface area contributed by atoms with Crippen LogP contribution in [0.3, 0.4) is 0 Å². The minimum atomic E-state index is 0.0184. The molecular weight excluding hydrogens is 258 g/mol. The van der Waals surface area contributed by atoms with Crippen LogP contribution in [0.15, 0.2) is 12.1 Å². The van der Waals surface area contributed by atoms with Crippen molar-refractivity contribution >= 4 is 23.4 Å². The Hall–Kier alpha value is -1.00. The first kappa shape index (κ1) is 16.1. The zero-order valence-corrected chi connectivity index (χ0v) is 12.9. The van der Waals surface area contributed by atoms with Gasteiger partial charge in [0.1, 0.15) is 0 Å². The van der Waals surface area contributed by atoms with Crippen molar-refractivity contribution in [3.05, 3.63) is 28.8 Å². The van der Waals surface area contributed by atoms with Gasteiger partial charge in [0.2, 0.25) is 5.91 Å². The van der Waals surface area contributed by atoms with Crippen molar-refractivity contribution in [2.24, 2.45) is 0 Å². The number of anilines is 1. The third-order valence-corrected chi connectivity index (χ3v) is 4.21. The number of thioether (sulfide) groups is 1. The van der Waals surface area contributed by atoms with Crippen LogP contribution in [0, 0.1) is 20.8 Å². The number of amides is 1. The Balaban J connectivity index is 2.58. The first-order chi connectivity index (χ1) is 8.93. The Morgan fingerprint density at radius 2 is 1.89 bits per heavy atom. The number of aliphatic hydroxyl groups is 1. The molecule has 0 fully saturated rings. The molecule has 1 amide bonds. The quantitative estimate of drug-likeness (QED) is 0.842. The highest BCUT2D eigenvalue weighted by atomic mass is 32.2. The molecule has 0 aliphatic rings. The molecule has 106 valence electrons. The summed E-state index contributed by atoms with van der Waals surface area (Å²) >= 11 is 1.57. The standard InChI is InChI=1S/C15H23NO2S/c1-10-7-11(2)15(12(3)8-10)16-14(18)9-19-13(4)5-6-17/h7-8,13,17H,5-6,9H2,1-4H3,(H,16,18). The number of nitrogens with one attached hydrogen (secondary N) is 1. The molecule has 0 saturated heterocycles. The summed E-state index contributed by atoms with van der Waals surface area (Å²) in [5, 5.41) is 12.1. The van der Waals surface area contributed by atoms with Crippen molar-refractivity contribution in [2.45, 2.75) is 39.4 Å². The second kappa shape index (κ2) is 7.56. The summed E-state index contributed by atoms with van der Waals surface area (Å²) in [6, 6.07) is 4.15. The lowest BCUT2D eigenvalue weighted by Crippen LogP contribution is -2.17. The average Bonchev–Trinajstić information content (AvgIpc) is 2.31. The molecule has 0 aromatic heterocycles. The minimum Gasteiger partial charge on any atom is -0.396 e. The van der Waals surface area contributed by atoms with Crippen LogP contribution in [0.1, 0.15) is 30.0 Å². The van der Waals surface area contributed by atoms with Gasteiger partial charge in [-0.3, -0.25) is 4.79 Å². The summed E-state index contributed by atoms with van der Waals surface area (Å²) in [5.74, 6) is 0.443. The molecule has 1 aromatic rings. The predicted molar refractivity (Wildman–Crippen MR) is 82.9 cm³/mol. The molecule has 0 bridgehead atoms. The summed E-state index contributed by atoms with van der Waals surface area (Å²) in [5.41, 5.74) is 4.32. The van der Waals surface area contributed by atoms with E-state index < -0.39 is 0 Å². The van der Waals surface area contributed by atoms with E-state index in [0.717, 1.165) is 23.2 Å². The molecule has 1 rings (SSSR count). The number of rotatable bonds is 6. The third-order valence-electron chi connectivity index (χ3n) is 2.98. The van der Waals surface area contributed by atoms with Crippen molar-refractivity contribution in [3.8, 4) is 0 Å². The number of benzene rings is 1. The Morgan fingerprint density at radius 1 is 1.32 bits per heavy atom. The van der Waals surface area contributed by atoms with Crippen LogP contribution in [-0.4, -0.2) is 28.6 Å². The van der Waals surface area contributed by atoms with Gasteiger partial charge in [0.05, 0.1) is 5.75 Å². The second-order valence-electron chi connectivity index (χ2n) is 4.96. The van der Waals surface area contributed by atoms with Crippen LogP contribution in [-0.2, 0) is 4.79 Å². The van der Waals surface area contributed by atoms with Crippen LogP contribution in [0.2, 0.25) is 0 Å². The monoisotopic (exact) mass is 281 g/mol. The molecule has 3 nitrogen and oxygen atoms in total. The first-order valence-corrected chi connectivity index (χ1v) is 7.59.